The van der Waals surface area contributed by atoms with Crippen molar-refractivity contribution >= 4 is 72.9 Å². The average Bonchev–Trinajstić information content (AvgIpc) is 0. The zero-order valence-corrected chi connectivity index (χ0v) is 10.9. The van der Waals surface area contributed by atoms with Crippen LogP contribution in [0.4, 0.5) is 0 Å². The molecule has 0 bridgehead atoms. The SMILES string of the molecule is I.O.O.O.O.O.O.[Ba+2].[H-].[H-]. The van der Waals surface area contributed by atoms with Crippen LogP contribution in [-0.4, -0.2) is 81.7 Å². The van der Waals surface area contributed by atoms with Crippen molar-refractivity contribution in [3.63, 3.8) is 0 Å². The van der Waals surface area contributed by atoms with Crippen LogP contribution in [0.3, 0.4) is 0 Å². The zero-order valence-electron chi connectivity index (χ0n) is 6.12. The molecule has 8 heavy (non-hydrogen) atoms. The number of halogens is 1. The fraction of sp³-hybridized carbons (Fsp3) is 0. The van der Waals surface area contributed by atoms with E-state index in [1.54, 1.807) is 0 Å². The quantitative estimate of drug-likeness (QED) is 0.292. The Hall–Kier alpha value is 2.06. The van der Waals surface area contributed by atoms with Gasteiger partial charge < -0.3 is 35.7 Å². The molecule has 0 spiro atoms. The van der Waals surface area contributed by atoms with Gasteiger partial charge in [0.15, 0.2) is 0 Å². The van der Waals surface area contributed by atoms with Crippen LogP contribution >= 0.6 is 24.0 Å². The van der Waals surface area contributed by atoms with Crippen molar-refractivity contribution in [1.29, 1.82) is 0 Å². The Labute approximate surface area is 107 Å². The molecule has 0 heterocycles. The zero-order chi connectivity index (χ0) is 0. The van der Waals surface area contributed by atoms with Crippen LogP contribution in [0.1, 0.15) is 2.85 Å². The molecule has 8 heteroatoms. The first-order valence-electron chi connectivity index (χ1n) is 0. The topological polar surface area (TPSA) is 189 Å². The van der Waals surface area contributed by atoms with E-state index in [0.29, 0.717) is 0 Å². The van der Waals surface area contributed by atoms with Gasteiger partial charge >= 0.3 is 48.9 Å². The minimum absolute atomic E-state index is 0. The summed E-state index contributed by atoms with van der Waals surface area (Å²) in [6, 6.07) is 0. The Morgan fingerprint density at radius 2 is 0.500 bits per heavy atom. The molecule has 0 amide bonds. The van der Waals surface area contributed by atoms with Crippen molar-refractivity contribution in [3.05, 3.63) is 0 Å². The van der Waals surface area contributed by atoms with Crippen LogP contribution in [0.15, 0.2) is 0 Å². The van der Waals surface area contributed by atoms with E-state index in [1.807, 2.05) is 0 Å². The van der Waals surface area contributed by atoms with Crippen molar-refractivity contribution in [3.8, 4) is 0 Å². The van der Waals surface area contributed by atoms with E-state index < -0.39 is 0 Å². The summed E-state index contributed by atoms with van der Waals surface area (Å²) in [4.78, 5) is 0. The Morgan fingerprint density at radius 3 is 0.500 bits per heavy atom. The van der Waals surface area contributed by atoms with E-state index in [-0.39, 0.29) is 109 Å². The molecule has 0 aliphatic heterocycles. The van der Waals surface area contributed by atoms with E-state index in [9.17, 15) is 0 Å². The summed E-state index contributed by atoms with van der Waals surface area (Å²) in [5.41, 5.74) is 0. The Balaban J connectivity index is 0. The molecule has 0 fully saturated rings. The predicted octanol–water partition coefficient (Wildman–Crippen LogP) is -4.49. The second kappa shape index (κ2) is 139. The smallest absolute Gasteiger partial charge is 1.00 e. The maximum absolute atomic E-state index is 0. The average molecular weight is 375 g/mol. The molecule has 0 aliphatic carbocycles. The molecule has 0 rings (SSSR count). The van der Waals surface area contributed by atoms with E-state index in [2.05, 4.69) is 0 Å². The van der Waals surface area contributed by atoms with Crippen LogP contribution in [0.25, 0.3) is 0 Å². The molecule has 0 aliphatic rings. The molecule has 60 valence electrons. The summed E-state index contributed by atoms with van der Waals surface area (Å²) in [6.07, 6.45) is 0. The number of hydrogen-bond donors (Lipinski definition) is 0. The van der Waals surface area contributed by atoms with E-state index in [0.717, 1.165) is 0 Å². The van der Waals surface area contributed by atoms with Gasteiger partial charge in [-0.1, -0.05) is 0 Å². The Bertz CT molecular complexity index is 15.7. The molecule has 0 aromatic heterocycles. The molecular formula is H15BaIO6. The maximum Gasteiger partial charge on any atom is 2.00 e. The molecule has 12 N–H and O–H groups in total. The van der Waals surface area contributed by atoms with Gasteiger partial charge in [-0.25, -0.2) is 0 Å². The first-order valence-corrected chi connectivity index (χ1v) is 0. The summed E-state index contributed by atoms with van der Waals surface area (Å²) in [5, 5.41) is 0. The van der Waals surface area contributed by atoms with Gasteiger partial charge in [-0.3, -0.25) is 0 Å². The summed E-state index contributed by atoms with van der Waals surface area (Å²) < 4.78 is 0. The van der Waals surface area contributed by atoms with Gasteiger partial charge in [-0.15, -0.1) is 24.0 Å². The first kappa shape index (κ1) is 194. The van der Waals surface area contributed by atoms with E-state index in [4.69, 9.17) is 0 Å². The van der Waals surface area contributed by atoms with Crippen LogP contribution in [0, 0.1) is 0 Å². The third kappa shape index (κ3) is 94.6. The molecule has 0 aromatic rings. The minimum atomic E-state index is 0. The Kier molecular flexibility index (Phi) is 3370. The molecular weight excluding hydrogens is 360 g/mol. The van der Waals surface area contributed by atoms with Crippen LogP contribution < -0.4 is 0 Å². The van der Waals surface area contributed by atoms with Gasteiger partial charge in [-0.2, -0.15) is 0 Å². The fourth-order valence-electron chi connectivity index (χ4n) is 0. The summed E-state index contributed by atoms with van der Waals surface area (Å²) in [5.74, 6) is 0. The van der Waals surface area contributed by atoms with Crippen molar-refractivity contribution in [2.75, 3.05) is 0 Å². The molecule has 0 saturated carbocycles. The Morgan fingerprint density at radius 1 is 0.500 bits per heavy atom. The van der Waals surface area contributed by atoms with Crippen molar-refractivity contribution in [1.82, 2.24) is 0 Å². The van der Waals surface area contributed by atoms with Gasteiger partial charge in [-0.05, 0) is 0 Å². The van der Waals surface area contributed by atoms with Gasteiger partial charge in [0, 0.05) is 0 Å². The van der Waals surface area contributed by atoms with Crippen molar-refractivity contribution in [2.45, 2.75) is 0 Å². The van der Waals surface area contributed by atoms with E-state index in [1.165, 1.54) is 0 Å². The normalized spacial score (nSPS) is 0. The molecule has 6 nitrogen and oxygen atoms in total. The summed E-state index contributed by atoms with van der Waals surface area (Å²) in [6.45, 7) is 0. The van der Waals surface area contributed by atoms with Crippen molar-refractivity contribution in [2.24, 2.45) is 0 Å². The maximum atomic E-state index is 0. The second-order valence-corrected chi connectivity index (χ2v) is 0. The third-order valence-corrected chi connectivity index (χ3v) is 0. The van der Waals surface area contributed by atoms with Crippen LogP contribution in [-0.2, 0) is 0 Å². The summed E-state index contributed by atoms with van der Waals surface area (Å²) in [7, 11) is 0. The number of rotatable bonds is 0. The largest absolute Gasteiger partial charge is 2.00 e. The molecule has 0 radical (unpaired) electrons. The fourth-order valence-corrected chi connectivity index (χ4v) is 0. The molecule has 0 saturated heterocycles. The standard InChI is InChI=1S/Ba.HI.6H2O.2H/h;1H;6*1H2;;/q+2;;;;;;;;2*-1. The van der Waals surface area contributed by atoms with Crippen LogP contribution in [0.2, 0.25) is 0 Å². The van der Waals surface area contributed by atoms with E-state index >= 15 is 0 Å². The van der Waals surface area contributed by atoms with Gasteiger partial charge in [0.1, 0.15) is 0 Å². The minimum Gasteiger partial charge on any atom is -1.00 e. The van der Waals surface area contributed by atoms with Gasteiger partial charge in [0.2, 0.25) is 0 Å². The first-order chi connectivity index (χ1) is 0. The van der Waals surface area contributed by atoms with Crippen molar-refractivity contribution < 1.29 is 35.7 Å². The molecule has 0 unspecified atom stereocenters. The van der Waals surface area contributed by atoms with Gasteiger partial charge in [0.25, 0.3) is 0 Å². The van der Waals surface area contributed by atoms with Crippen LogP contribution in [0.5, 0.6) is 0 Å². The number of hydrogen-bond acceptors (Lipinski definition) is 0. The third-order valence-electron chi connectivity index (χ3n) is 0. The second-order valence-electron chi connectivity index (χ2n) is 0. The van der Waals surface area contributed by atoms with Gasteiger partial charge in [0.05, 0.1) is 0 Å². The monoisotopic (exact) mass is 376 g/mol. The predicted molar refractivity (Wildman–Crippen MR) is 45.1 cm³/mol. The molecule has 0 atom stereocenters. The summed E-state index contributed by atoms with van der Waals surface area (Å²) >= 11 is 0. The molecule has 0 aromatic carbocycles.